The lowest BCUT2D eigenvalue weighted by Crippen LogP contribution is -2.25. The molecule has 4 rings (SSSR count). The minimum atomic E-state index is 0.398. The van der Waals surface area contributed by atoms with Crippen molar-refractivity contribution < 1.29 is 4.74 Å². The summed E-state index contributed by atoms with van der Waals surface area (Å²) in [6.07, 6.45) is 6.21. The Kier molecular flexibility index (Phi) is 3.99. The van der Waals surface area contributed by atoms with Crippen LogP contribution in [0.25, 0.3) is 11.1 Å². The number of benzene rings is 1. The second kappa shape index (κ2) is 6.31. The zero-order valence-corrected chi connectivity index (χ0v) is 14.8. The Balaban J connectivity index is 1.78. The van der Waals surface area contributed by atoms with Gasteiger partial charge in [-0.1, -0.05) is 13.0 Å². The van der Waals surface area contributed by atoms with E-state index in [1.54, 1.807) is 12.7 Å². The van der Waals surface area contributed by atoms with Crippen LogP contribution < -0.4 is 4.74 Å². The number of fused-ring (bicyclic) bond motifs is 1. The molecular formula is C20H22N4O. The molecule has 5 heteroatoms. The highest BCUT2D eigenvalue weighted by molar-refractivity contribution is 5.70. The first kappa shape index (κ1) is 15.8. The lowest BCUT2D eigenvalue weighted by atomic mass is 9.81. The molecule has 25 heavy (non-hydrogen) atoms. The highest BCUT2D eigenvalue weighted by Gasteiger charge is 2.29. The Morgan fingerprint density at radius 3 is 2.72 bits per heavy atom. The van der Waals surface area contributed by atoms with Crippen molar-refractivity contribution in [3.63, 3.8) is 0 Å². The minimum Gasteiger partial charge on any atom is -0.493 e. The summed E-state index contributed by atoms with van der Waals surface area (Å²) in [4.78, 5) is 16.1. The number of rotatable bonds is 3. The van der Waals surface area contributed by atoms with E-state index in [1.165, 1.54) is 5.56 Å². The smallest absolute Gasteiger partial charge is 0.122 e. The van der Waals surface area contributed by atoms with Crippen LogP contribution in [0.2, 0.25) is 0 Å². The first-order valence-corrected chi connectivity index (χ1v) is 8.66. The van der Waals surface area contributed by atoms with Gasteiger partial charge in [0.1, 0.15) is 12.1 Å². The topological polar surface area (TPSA) is 63.7 Å². The fraction of sp³-hybridized carbons (Fsp3) is 0.350. The third-order valence-corrected chi connectivity index (χ3v) is 5.11. The largest absolute Gasteiger partial charge is 0.493 e. The van der Waals surface area contributed by atoms with Crippen LogP contribution in [0.15, 0.2) is 37.1 Å². The predicted molar refractivity (Wildman–Crippen MR) is 96.6 cm³/mol. The van der Waals surface area contributed by atoms with Crippen LogP contribution in [-0.2, 0) is 6.42 Å². The van der Waals surface area contributed by atoms with Gasteiger partial charge in [0.25, 0.3) is 0 Å². The van der Waals surface area contributed by atoms with Crippen LogP contribution in [0.3, 0.4) is 0 Å². The average Bonchev–Trinajstić information content (AvgIpc) is 3.10. The van der Waals surface area contributed by atoms with Gasteiger partial charge >= 0.3 is 0 Å². The van der Waals surface area contributed by atoms with Crippen LogP contribution in [0.5, 0.6) is 5.75 Å². The molecule has 1 aliphatic rings. The van der Waals surface area contributed by atoms with Crippen molar-refractivity contribution in [2.75, 3.05) is 6.61 Å². The van der Waals surface area contributed by atoms with E-state index in [0.717, 1.165) is 47.0 Å². The first-order valence-electron chi connectivity index (χ1n) is 8.66. The van der Waals surface area contributed by atoms with E-state index < -0.39 is 0 Å². The van der Waals surface area contributed by atoms with Gasteiger partial charge in [0, 0.05) is 28.8 Å². The standard InChI is InChI=1S/C20H22N4O/c1-12-9-25-19-5-4-15(20-13(2)22-11-23-14(20)3)6-18(19)17(12)7-16-8-21-10-24-16/h4-6,8,10-12,17H,7,9H2,1-3H3,(H,21,24)/t12-,17-/m0/s1. The number of aromatic amines is 1. The van der Waals surface area contributed by atoms with Gasteiger partial charge in [0.05, 0.1) is 12.9 Å². The molecular weight excluding hydrogens is 312 g/mol. The molecule has 1 N–H and O–H groups in total. The molecule has 0 amide bonds. The van der Waals surface area contributed by atoms with E-state index in [9.17, 15) is 0 Å². The number of nitrogens with one attached hydrogen (secondary N) is 1. The van der Waals surface area contributed by atoms with Crippen LogP contribution in [-0.4, -0.2) is 26.5 Å². The average molecular weight is 334 g/mol. The second-order valence-corrected chi connectivity index (χ2v) is 6.85. The molecule has 0 saturated carbocycles. The molecule has 128 valence electrons. The maximum absolute atomic E-state index is 5.98. The van der Waals surface area contributed by atoms with Gasteiger partial charge in [-0.25, -0.2) is 15.0 Å². The number of H-pyrrole nitrogens is 1. The third-order valence-electron chi connectivity index (χ3n) is 5.11. The summed E-state index contributed by atoms with van der Waals surface area (Å²) in [7, 11) is 0. The van der Waals surface area contributed by atoms with E-state index in [4.69, 9.17) is 4.74 Å². The SMILES string of the molecule is Cc1ncnc(C)c1-c1ccc2c(c1)[C@@H](Cc1cnc[nH]1)[C@@H](C)CO2. The molecule has 0 bridgehead atoms. The highest BCUT2D eigenvalue weighted by Crippen LogP contribution is 2.41. The number of aromatic nitrogens is 4. The molecule has 1 aromatic carbocycles. The van der Waals surface area contributed by atoms with Crippen LogP contribution in [0.1, 0.15) is 35.5 Å². The number of hydrogen-bond donors (Lipinski definition) is 1. The van der Waals surface area contributed by atoms with Crippen LogP contribution in [0, 0.1) is 19.8 Å². The summed E-state index contributed by atoms with van der Waals surface area (Å²) in [6, 6.07) is 6.45. The number of ether oxygens (including phenoxy) is 1. The molecule has 3 heterocycles. The Morgan fingerprint density at radius 1 is 1.20 bits per heavy atom. The zero-order valence-electron chi connectivity index (χ0n) is 14.8. The van der Waals surface area contributed by atoms with Crippen molar-refractivity contribution in [1.82, 2.24) is 19.9 Å². The summed E-state index contributed by atoms with van der Waals surface area (Å²) >= 11 is 0. The fourth-order valence-corrected chi connectivity index (χ4v) is 3.72. The van der Waals surface area contributed by atoms with Gasteiger partial charge in [0.15, 0.2) is 0 Å². The van der Waals surface area contributed by atoms with E-state index in [2.05, 4.69) is 45.1 Å². The Hall–Kier alpha value is -2.69. The molecule has 5 nitrogen and oxygen atoms in total. The summed E-state index contributed by atoms with van der Waals surface area (Å²) in [5.41, 5.74) is 6.69. The molecule has 1 aliphatic heterocycles. The van der Waals surface area contributed by atoms with Gasteiger partial charge < -0.3 is 9.72 Å². The Bertz CT molecular complexity index is 868. The summed E-state index contributed by atoms with van der Waals surface area (Å²) in [6.45, 7) is 7.06. The predicted octanol–water partition coefficient (Wildman–Crippen LogP) is 3.84. The van der Waals surface area contributed by atoms with Gasteiger partial charge in [-0.05, 0) is 55.4 Å². The van der Waals surface area contributed by atoms with Crippen LogP contribution >= 0.6 is 0 Å². The van der Waals surface area contributed by atoms with E-state index in [-0.39, 0.29) is 0 Å². The van der Waals surface area contributed by atoms with Gasteiger partial charge in [-0.15, -0.1) is 0 Å². The van der Waals surface area contributed by atoms with E-state index in [0.29, 0.717) is 11.8 Å². The molecule has 0 aliphatic carbocycles. The molecule has 2 aromatic heterocycles. The minimum absolute atomic E-state index is 0.398. The van der Waals surface area contributed by atoms with Gasteiger partial charge in [-0.3, -0.25) is 0 Å². The molecule has 0 radical (unpaired) electrons. The molecule has 2 atom stereocenters. The fourth-order valence-electron chi connectivity index (χ4n) is 3.72. The number of hydrogen-bond acceptors (Lipinski definition) is 4. The van der Waals surface area contributed by atoms with Crippen molar-refractivity contribution in [2.45, 2.75) is 33.1 Å². The van der Waals surface area contributed by atoms with Gasteiger partial charge in [0.2, 0.25) is 0 Å². The molecule has 0 saturated heterocycles. The van der Waals surface area contributed by atoms with Crippen molar-refractivity contribution in [3.05, 3.63) is 59.7 Å². The number of imidazole rings is 1. The summed E-state index contributed by atoms with van der Waals surface area (Å²) in [5, 5.41) is 0. The number of aryl methyl sites for hydroxylation is 2. The quantitative estimate of drug-likeness (QED) is 0.790. The lowest BCUT2D eigenvalue weighted by molar-refractivity contribution is 0.204. The maximum Gasteiger partial charge on any atom is 0.122 e. The Labute approximate surface area is 147 Å². The lowest BCUT2D eigenvalue weighted by Gasteiger charge is -2.32. The monoisotopic (exact) mass is 334 g/mol. The Morgan fingerprint density at radius 2 is 2.00 bits per heavy atom. The number of nitrogens with zero attached hydrogens (tertiary/aromatic N) is 3. The van der Waals surface area contributed by atoms with Gasteiger partial charge in [-0.2, -0.15) is 0 Å². The van der Waals surface area contributed by atoms with Crippen molar-refractivity contribution in [2.24, 2.45) is 5.92 Å². The van der Waals surface area contributed by atoms with Crippen molar-refractivity contribution in [1.29, 1.82) is 0 Å². The summed E-state index contributed by atoms with van der Waals surface area (Å²) in [5.74, 6) is 1.83. The molecule has 0 fully saturated rings. The first-order chi connectivity index (χ1) is 12.1. The zero-order chi connectivity index (χ0) is 17.4. The highest BCUT2D eigenvalue weighted by atomic mass is 16.5. The van der Waals surface area contributed by atoms with Crippen LogP contribution in [0.4, 0.5) is 0 Å². The molecule has 0 unspecified atom stereocenters. The summed E-state index contributed by atoms with van der Waals surface area (Å²) < 4.78 is 5.98. The van der Waals surface area contributed by atoms with E-state index >= 15 is 0 Å². The molecule has 3 aromatic rings. The maximum atomic E-state index is 5.98. The van der Waals surface area contributed by atoms with Crippen molar-refractivity contribution >= 4 is 0 Å². The third kappa shape index (κ3) is 2.90. The van der Waals surface area contributed by atoms with E-state index in [1.807, 2.05) is 20.0 Å². The van der Waals surface area contributed by atoms with Crippen molar-refractivity contribution in [3.8, 4) is 16.9 Å². The second-order valence-electron chi connectivity index (χ2n) is 6.85. The normalized spacial score (nSPS) is 19.3. The molecule has 0 spiro atoms.